The fraction of sp³-hybridized carbons (Fsp3) is 0.217. The molecule has 128 valence electrons. The smallest absolute Gasteiger partial charge is 0.0345 e. The number of hydrogen-bond donors (Lipinski definition) is 2. The molecule has 0 aromatic heterocycles. The lowest BCUT2D eigenvalue weighted by atomic mass is 9.80. The number of benzene rings is 3. The van der Waals surface area contributed by atoms with E-state index in [1.165, 1.54) is 27.8 Å². The quantitative estimate of drug-likeness (QED) is 0.502. The number of anilines is 2. The Morgan fingerprint density at radius 1 is 0.680 bits per heavy atom. The van der Waals surface area contributed by atoms with Crippen molar-refractivity contribution in [2.45, 2.75) is 32.6 Å². The normalized spacial score (nSPS) is 11.0. The van der Waals surface area contributed by atoms with Crippen LogP contribution in [0.5, 0.6) is 0 Å². The van der Waals surface area contributed by atoms with Gasteiger partial charge in [0.15, 0.2) is 0 Å². The van der Waals surface area contributed by atoms with Gasteiger partial charge in [-0.15, -0.1) is 0 Å². The van der Waals surface area contributed by atoms with Crippen LogP contribution >= 0.6 is 0 Å². The van der Waals surface area contributed by atoms with Gasteiger partial charge in [-0.25, -0.2) is 0 Å². The van der Waals surface area contributed by atoms with E-state index in [0.717, 1.165) is 24.2 Å². The Hall–Kier alpha value is -2.74. The van der Waals surface area contributed by atoms with Crippen molar-refractivity contribution in [3.8, 4) is 0 Å². The SMILES string of the molecule is CCc1cc(N)ccc1C(c1ccccc1)c1ccc(N)cc1CC. The maximum Gasteiger partial charge on any atom is 0.0345 e. The molecule has 0 spiro atoms. The molecule has 0 saturated heterocycles. The van der Waals surface area contributed by atoms with Gasteiger partial charge < -0.3 is 11.5 Å². The van der Waals surface area contributed by atoms with Crippen LogP contribution in [-0.4, -0.2) is 0 Å². The van der Waals surface area contributed by atoms with Crippen molar-refractivity contribution in [3.63, 3.8) is 0 Å². The average molecular weight is 330 g/mol. The molecule has 3 aromatic rings. The molecular formula is C23H26N2. The molecule has 0 amide bonds. The molecule has 25 heavy (non-hydrogen) atoms. The Morgan fingerprint density at radius 2 is 1.16 bits per heavy atom. The third kappa shape index (κ3) is 3.53. The van der Waals surface area contributed by atoms with E-state index in [9.17, 15) is 0 Å². The van der Waals surface area contributed by atoms with Gasteiger partial charge in [0.25, 0.3) is 0 Å². The highest BCUT2D eigenvalue weighted by atomic mass is 14.5. The lowest BCUT2D eigenvalue weighted by molar-refractivity contribution is 0.913. The summed E-state index contributed by atoms with van der Waals surface area (Å²) in [5.74, 6) is 0.187. The maximum atomic E-state index is 6.04. The molecule has 0 atom stereocenters. The predicted molar refractivity (Wildman–Crippen MR) is 108 cm³/mol. The monoisotopic (exact) mass is 330 g/mol. The summed E-state index contributed by atoms with van der Waals surface area (Å²) >= 11 is 0. The Morgan fingerprint density at radius 3 is 1.60 bits per heavy atom. The third-order valence-electron chi connectivity index (χ3n) is 4.85. The number of nitrogens with two attached hydrogens (primary N) is 2. The molecule has 2 heteroatoms. The van der Waals surface area contributed by atoms with Crippen molar-refractivity contribution in [3.05, 3.63) is 94.5 Å². The highest BCUT2D eigenvalue weighted by Gasteiger charge is 2.21. The summed E-state index contributed by atoms with van der Waals surface area (Å²) in [4.78, 5) is 0. The molecule has 0 bridgehead atoms. The largest absolute Gasteiger partial charge is 0.399 e. The second kappa shape index (κ2) is 7.43. The first-order chi connectivity index (χ1) is 12.1. The zero-order chi connectivity index (χ0) is 17.8. The number of hydrogen-bond acceptors (Lipinski definition) is 2. The van der Waals surface area contributed by atoms with E-state index < -0.39 is 0 Å². The van der Waals surface area contributed by atoms with Gasteiger partial charge in [-0.2, -0.15) is 0 Å². The van der Waals surface area contributed by atoms with Crippen molar-refractivity contribution in [2.75, 3.05) is 11.5 Å². The molecule has 3 aromatic carbocycles. The molecule has 0 unspecified atom stereocenters. The summed E-state index contributed by atoms with van der Waals surface area (Å²) in [6.45, 7) is 4.37. The van der Waals surface area contributed by atoms with E-state index in [0.29, 0.717) is 0 Å². The Kier molecular flexibility index (Phi) is 5.08. The van der Waals surface area contributed by atoms with Crippen molar-refractivity contribution in [1.29, 1.82) is 0 Å². The van der Waals surface area contributed by atoms with Gasteiger partial charge in [0.05, 0.1) is 0 Å². The van der Waals surface area contributed by atoms with Crippen LogP contribution in [0, 0.1) is 0 Å². The number of aryl methyl sites for hydroxylation is 2. The zero-order valence-corrected chi connectivity index (χ0v) is 15.0. The van der Waals surface area contributed by atoms with Crippen LogP contribution in [0.2, 0.25) is 0 Å². The topological polar surface area (TPSA) is 52.0 Å². The van der Waals surface area contributed by atoms with E-state index >= 15 is 0 Å². The highest BCUT2D eigenvalue weighted by molar-refractivity contribution is 5.55. The summed E-state index contributed by atoms with van der Waals surface area (Å²) < 4.78 is 0. The lowest BCUT2D eigenvalue weighted by Gasteiger charge is -2.24. The van der Waals surface area contributed by atoms with E-state index in [2.05, 4.69) is 68.4 Å². The highest BCUT2D eigenvalue weighted by Crippen LogP contribution is 2.37. The van der Waals surface area contributed by atoms with Gasteiger partial charge in [-0.3, -0.25) is 0 Å². The second-order valence-electron chi connectivity index (χ2n) is 6.47. The Bertz CT molecular complexity index is 800. The van der Waals surface area contributed by atoms with E-state index in [-0.39, 0.29) is 5.92 Å². The van der Waals surface area contributed by atoms with Gasteiger partial charge in [0.1, 0.15) is 0 Å². The number of nitrogen functional groups attached to an aromatic ring is 2. The van der Waals surface area contributed by atoms with Gasteiger partial charge in [-0.05, 0) is 64.9 Å². The first-order valence-corrected chi connectivity index (χ1v) is 8.95. The van der Waals surface area contributed by atoms with Crippen LogP contribution in [0.25, 0.3) is 0 Å². The third-order valence-corrected chi connectivity index (χ3v) is 4.85. The van der Waals surface area contributed by atoms with E-state index in [1.54, 1.807) is 0 Å². The zero-order valence-electron chi connectivity index (χ0n) is 15.0. The fourth-order valence-corrected chi connectivity index (χ4v) is 3.60. The minimum absolute atomic E-state index is 0.187. The standard InChI is InChI=1S/C23H26N2/c1-3-16-14-19(24)10-12-21(16)23(18-8-6-5-7-9-18)22-13-11-20(25)15-17(22)4-2/h5-15,23H,3-4,24-25H2,1-2H3. The van der Waals surface area contributed by atoms with Crippen LogP contribution in [0.3, 0.4) is 0 Å². The van der Waals surface area contributed by atoms with Crippen molar-refractivity contribution < 1.29 is 0 Å². The van der Waals surface area contributed by atoms with Gasteiger partial charge >= 0.3 is 0 Å². The van der Waals surface area contributed by atoms with Gasteiger partial charge in [0, 0.05) is 17.3 Å². The van der Waals surface area contributed by atoms with Crippen LogP contribution in [0.1, 0.15) is 47.6 Å². The molecule has 3 rings (SSSR count). The summed E-state index contributed by atoms with van der Waals surface area (Å²) in [5, 5.41) is 0. The minimum Gasteiger partial charge on any atom is -0.399 e. The first-order valence-electron chi connectivity index (χ1n) is 8.95. The first kappa shape index (κ1) is 17.1. The number of rotatable bonds is 5. The van der Waals surface area contributed by atoms with Crippen LogP contribution in [0.4, 0.5) is 11.4 Å². The molecule has 2 nitrogen and oxygen atoms in total. The second-order valence-corrected chi connectivity index (χ2v) is 6.47. The minimum atomic E-state index is 0.187. The fourth-order valence-electron chi connectivity index (χ4n) is 3.60. The van der Waals surface area contributed by atoms with Crippen molar-refractivity contribution in [1.82, 2.24) is 0 Å². The molecule has 0 aliphatic heterocycles. The molecule has 0 aliphatic rings. The molecule has 0 radical (unpaired) electrons. The Balaban J connectivity index is 2.25. The predicted octanol–water partition coefficient (Wildman–Crippen LogP) is 5.16. The molecule has 4 N–H and O–H groups in total. The lowest BCUT2D eigenvalue weighted by Crippen LogP contribution is -2.10. The molecule has 0 fully saturated rings. The van der Waals surface area contributed by atoms with Crippen LogP contribution < -0.4 is 11.5 Å². The van der Waals surface area contributed by atoms with Gasteiger partial charge in [0.2, 0.25) is 0 Å². The molecule has 0 saturated carbocycles. The Labute approximate surface area is 150 Å². The van der Waals surface area contributed by atoms with Crippen molar-refractivity contribution >= 4 is 11.4 Å². The summed E-state index contributed by atoms with van der Waals surface area (Å²) in [7, 11) is 0. The van der Waals surface area contributed by atoms with Crippen LogP contribution in [-0.2, 0) is 12.8 Å². The molecule has 0 aliphatic carbocycles. The molecular weight excluding hydrogens is 304 g/mol. The van der Waals surface area contributed by atoms with Crippen molar-refractivity contribution in [2.24, 2.45) is 0 Å². The van der Waals surface area contributed by atoms with Crippen LogP contribution in [0.15, 0.2) is 66.7 Å². The summed E-state index contributed by atoms with van der Waals surface area (Å²) in [6, 6.07) is 23.3. The molecule has 0 heterocycles. The average Bonchev–Trinajstić information content (AvgIpc) is 2.64. The summed E-state index contributed by atoms with van der Waals surface area (Å²) in [6.07, 6.45) is 1.92. The van der Waals surface area contributed by atoms with E-state index in [1.807, 2.05) is 12.1 Å². The van der Waals surface area contributed by atoms with E-state index in [4.69, 9.17) is 11.5 Å². The maximum absolute atomic E-state index is 6.04. The summed E-state index contributed by atoms with van der Waals surface area (Å²) in [5.41, 5.74) is 20.3. The van der Waals surface area contributed by atoms with Gasteiger partial charge in [-0.1, -0.05) is 56.3 Å².